The van der Waals surface area contributed by atoms with Gasteiger partial charge in [0.25, 0.3) is 0 Å². The minimum absolute atomic E-state index is 0.0721. The van der Waals surface area contributed by atoms with Crippen molar-refractivity contribution in [3.05, 3.63) is 0 Å². The summed E-state index contributed by atoms with van der Waals surface area (Å²) in [5.41, 5.74) is 0. The van der Waals surface area contributed by atoms with Crippen LogP contribution in [0, 0.1) is 0 Å². The number of amides is 3. The molecule has 1 rings (SSSR count). The lowest BCUT2D eigenvalue weighted by Crippen LogP contribution is -2.33. The van der Waals surface area contributed by atoms with Crippen LogP contribution >= 0.6 is 0 Å². The third-order valence-electron chi connectivity index (χ3n) is 1.68. The molecule has 1 heterocycles. The summed E-state index contributed by atoms with van der Waals surface area (Å²) in [5, 5.41) is 5.05. The first kappa shape index (κ1) is 9.70. The molecular weight excluding hydrogens is 170 g/mol. The van der Waals surface area contributed by atoms with Gasteiger partial charge in [-0.05, 0) is 6.42 Å². The zero-order valence-electron chi connectivity index (χ0n) is 7.59. The van der Waals surface area contributed by atoms with E-state index in [9.17, 15) is 9.59 Å². The lowest BCUT2D eigenvalue weighted by Gasteiger charge is -2.01. The Bertz CT molecular complexity index is 248. The first-order chi connectivity index (χ1) is 6.22. The number of nitrogens with zero attached hydrogens (tertiary/aromatic N) is 1. The molecule has 0 saturated carbocycles. The van der Waals surface area contributed by atoms with E-state index in [-0.39, 0.29) is 11.9 Å². The molecule has 0 fully saturated rings. The van der Waals surface area contributed by atoms with Gasteiger partial charge in [-0.25, -0.2) is 4.79 Å². The van der Waals surface area contributed by atoms with E-state index in [0.717, 1.165) is 12.8 Å². The average Bonchev–Trinajstić information content (AvgIpc) is 2.48. The summed E-state index contributed by atoms with van der Waals surface area (Å²) in [6.45, 7) is 2.35. The highest BCUT2D eigenvalue weighted by Gasteiger charge is 2.14. The van der Waals surface area contributed by atoms with Gasteiger partial charge in [0, 0.05) is 6.42 Å². The van der Waals surface area contributed by atoms with Crippen molar-refractivity contribution in [1.82, 2.24) is 10.6 Å². The molecule has 13 heavy (non-hydrogen) atoms. The van der Waals surface area contributed by atoms with Crippen molar-refractivity contribution in [3.8, 4) is 0 Å². The van der Waals surface area contributed by atoms with Gasteiger partial charge in [-0.2, -0.15) is 4.99 Å². The molecular formula is C8H13N3O2. The number of carbonyl (C=O) groups excluding carboxylic acids is 2. The number of amidine groups is 1. The summed E-state index contributed by atoms with van der Waals surface area (Å²) in [5.74, 6) is 0.350. The number of nitrogens with one attached hydrogen (secondary N) is 2. The average molecular weight is 183 g/mol. The minimum Gasteiger partial charge on any atom is -0.329 e. The van der Waals surface area contributed by atoms with E-state index in [4.69, 9.17) is 0 Å². The molecule has 0 aromatic rings. The van der Waals surface area contributed by atoms with Gasteiger partial charge in [0.15, 0.2) is 0 Å². The largest absolute Gasteiger partial charge is 0.343 e. The van der Waals surface area contributed by atoms with Gasteiger partial charge in [-0.15, -0.1) is 0 Å². The van der Waals surface area contributed by atoms with Crippen LogP contribution in [0.2, 0.25) is 0 Å². The second-order valence-corrected chi connectivity index (χ2v) is 2.87. The van der Waals surface area contributed by atoms with Gasteiger partial charge in [-0.1, -0.05) is 13.3 Å². The van der Waals surface area contributed by atoms with E-state index in [1.165, 1.54) is 0 Å². The maximum absolute atomic E-state index is 11.1. The summed E-state index contributed by atoms with van der Waals surface area (Å²) in [6, 6.07) is -0.384. The number of unbranched alkanes of at least 4 members (excludes halogenated alkanes) is 1. The number of rotatable bonds is 3. The molecule has 0 aromatic carbocycles. The fourth-order valence-electron chi connectivity index (χ4n) is 0.994. The molecule has 5 nitrogen and oxygen atoms in total. The molecule has 0 aromatic heterocycles. The van der Waals surface area contributed by atoms with Crippen molar-refractivity contribution in [2.75, 3.05) is 6.54 Å². The summed E-state index contributed by atoms with van der Waals surface area (Å²) >= 11 is 0. The van der Waals surface area contributed by atoms with Crippen molar-refractivity contribution in [1.29, 1.82) is 0 Å². The van der Waals surface area contributed by atoms with Crippen LogP contribution in [-0.2, 0) is 4.79 Å². The molecule has 0 atom stereocenters. The first-order valence-corrected chi connectivity index (χ1v) is 4.37. The minimum atomic E-state index is -0.384. The highest BCUT2D eigenvalue weighted by Crippen LogP contribution is 1.94. The second kappa shape index (κ2) is 4.59. The Hall–Kier alpha value is -1.39. The van der Waals surface area contributed by atoms with Gasteiger partial charge in [0.1, 0.15) is 5.84 Å². The Morgan fingerprint density at radius 2 is 2.46 bits per heavy atom. The van der Waals surface area contributed by atoms with Crippen LogP contribution in [0.25, 0.3) is 0 Å². The molecule has 2 N–H and O–H groups in total. The molecule has 0 unspecified atom stereocenters. The Labute approximate surface area is 76.6 Å². The van der Waals surface area contributed by atoms with Gasteiger partial charge >= 0.3 is 6.03 Å². The van der Waals surface area contributed by atoms with Crippen LogP contribution in [0.4, 0.5) is 4.79 Å². The molecule has 3 amide bonds. The SMILES string of the molecule is CCCCC(=O)NC1=NC(=O)NC1. The smallest absolute Gasteiger partial charge is 0.329 e. The highest BCUT2D eigenvalue weighted by atomic mass is 16.2. The third kappa shape index (κ3) is 3.23. The summed E-state index contributed by atoms with van der Waals surface area (Å²) in [7, 11) is 0. The van der Waals surface area contributed by atoms with Crippen LogP contribution in [-0.4, -0.2) is 24.3 Å². The first-order valence-electron chi connectivity index (χ1n) is 4.37. The van der Waals surface area contributed by atoms with E-state index in [1.54, 1.807) is 0 Å². The van der Waals surface area contributed by atoms with Crippen LogP contribution in [0.1, 0.15) is 26.2 Å². The van der Waals surface area contributed by atoms with Crippen molar-refractivity contribution in [3.63, 3.8) is 0 Å². The van der Waals surface area contributed by atoms with E-state index < -0.39 is 0 Å². The monoisotopic (exact) mass is 183 g/mol. The predicted octanol–water partition coefficient (Wildman–Crippen LogP) is 0.414. The van der Waals surface area contributed by atoms with Crippen LogP contribution in [0.3, 0.4) is 0 Å². The predicted molar refractivity (Wildman–Crippen MR) is 48.5 cm³/mol. The number of carbonyl (C=O) groups is 2. The number of urea groups is 1. The van der Waals surface area contributed by atoms with Crippen LogP contribution in [0.15, 0.2) is 4.99 Å². The quantitative estimate of drug-likeness (QED) is 0.665. The Kier molecular flexibility index (Phi) is 3.42. The maximum atomic E-state index is 11.1. The number of aliphatic imine (C=N–C) groups is 1. The topological polar surface area (TPSA) is 70.6 Å². The summed E-state index contributed by atoms with van der Waals surface area (Å²) < 4.78 is 0. The van der Waals surface area contributed by atoms with Crippen LogP contribution < -0.4 is 10.6 Å². The molecule has 0 saturated heterocycles. The van der Waals surface area contributed by atoms with Crippen molar-refractivity contribution in [2.24, 2.45) is 4.99 Å². The molecule has 72 valence electrons. The Morgan fingerprint density at radius 1 is 1.69 bits per heavy atom. The zero-order valence-corrected chi connectivity index (χ0v) is 7.59. The third-order valence-corrected chi connectivity index (χ3v) is 1.68. The van der Waals surface area contributed by atoms with Gasteiger partial charge in [0.05, 0.1) is 6.54 Å². The van der Waals surface area contributed by atoms with Gasteiger partial charge in [0.2, 0.25) is 5.91 Å². The second-order valence-electron chi connectivity index (χ2n) is 2.87. The molecule has 0 radical (unpaired) electrons. The molecule has 0 spiro atoms. The van der Waals surface area contributed by atoms with Crippen molar-refractivity contribution >= 4 is 17.8 Å². The van der Waals surface area contributed by atoms with Gasteiger partial charge < -0.3 is 10.6 Å². The van der Waals surface area contributed by atoms with Crippen molar-refractivity contribution in [2.45, 2.75) is 26.2 Å². The Morgan fingerprint density at radius 3 is 3.00 bits per heavy atom. The normalized spacial score (nSPS) is 15.2. The standard InChI is InChI=1S/C8H13N3O2/c1-2-3-4-7(12)10-6-5-9-8(13)11-6/h2-5H2,1H3,(H2,9,10,11,12,13). The molecule has 0 aliphatic carbocycles. The maximum Gasteiger partial charge on any atom is 0.343 e. The van der Waals surface area contributed by atoms with E-state index in [2.05, 4.69) is 15.6 Å². The number of hydrogen-bond acceptors (Lipinski definition) is 2. The molecule has 1 aliphatic heterocycles. The van der Waals surface area contributed by atoms with Gasteiger partial charge in [-0.3, -0.25) is 4.79 Å². The van der Waals surface area contributed by atoms with E-state index in [1.807, 2.05) is 6.92 Å². The molecule has 5 heteroatoms. The molecule has 1 aliphatic rings. The van der Waals surface area contributed by atoms with Crippen molar-refractivity contribution < 1.29 is 9.59 Å². The fraction of sp³-hybridized carbons (Fsp3) is 0.625. The summed E-state index contributed by atoms with van der Waals surface area (Å²) in [4.78, 5) is 25.3. The fourth-order valence-corrected chi connectivity index (χ4v) is 0.994. The highest BCUT2D eigenvalue weighted by molar-refractivity contribution is 6.07. The van der Waals surface area contributed by atoms with E-state index in [0.29, 0.717) is 18.8 Å². The Balaban J connectivity index is 2.28. The summed E-state index contributed by atoms with van der Waals surface area (Å²) in [6.07, 6.45) is 2.33. The van der Waals surface area contributed by atoms with E-state index >= 15 is 0 Å². The lowest BCUT2D eigenvalue weighted by molar-refractivity contribution is -0.119. The zero-order chi connectivity index (χ0) is 9.68. The molecule has 0 bridgehead atoms. The number of hydrogen-bond donors (Lipinski definition) is 2. The van der Waals surface area contributed by atoms with Crippen LogP contribution in [0.5, 0.6) is 0 Å². The lowest BCUT2D eigenvalue weighted by atomic mass is 10.2.